The first-order valence-corrected chi connectivity index (χ1v) is 10.4. The van der Waals surface area contributed by atoms with Crippen LogP contribution in [0.5, 0.6) is 0 Å². The summed E-state index contributed by atoms with van der Waals surface area (Å²) in [6.45, 7) is 5.15. The SMILES string of the molecule is O=c1ccc(-n2cccn2)nn1CCN1CCN(c2nc(C3CC3)ns2)CC1. The van der Waals surface area contributed by atoms with Crippen LogP contribution in [0.25, 0.3) is 5.82 Å². The Labute approximate surface area is 166 Å². The maximum Gasteiger partial charge on any atom is 0.266 e. The second-order valence-electron chi connectivity index (χ2n) is 7.24. The van der Waals surface area contributed by atoms with E-state index in [1.807, 2.05) is 12.3 Å². The third kappa shape index (κ3) is 3.69. The lowest BCUT2D eigenvalue weighted by Crippen LogP contribution is -2.47. The second-order valence-corrected chi connectivity index (χ2v) is 7.97. The van der Waals surface area contributed by atoms with Gasteiger partial charge < -0.3 is 4.90 Å². The quantitative estimate of drug-likeness (QED) is 0.612. The zero-order valence-corrected chi connectivity index (χ0v) is 16.3. The van der Waals surface area contributed by atoms with Crippen molar-refractivity contribution in [3.05, 3.63) is 46.8 Å². The van der Waals surface area contributed by atoms with E-state index in [-0.39, 0.29) is 5.56 Å². The van der Waals surface area contributed by atoms with Gasteiger partial charge in [-0.15, -0.1) is 5.10 Å². The Hall–Kier alpha value is -2.59. The molecule has 0 unspecified atom stereocenters. The Morgan fingerprint density at radius 2 is 1.96 bits per heavy atom. The van der Waals surface area contributed by atoms with Crippen LogP contribution >= 0.6 is 11.5 Å². The van der Waals surface area contributed by atoms with Crippen molar-refractivity contribution in [2.45, 2.75) is 25.3 Å². The number of rotatable bonds is 6. The highest BCUT2D eigenvalue weighted by Crippen LogP contribution is 2.39. The smallest absolute Gasteiger partial charge is 0.266 e. The van der Waals surface area contributed by atoms with Crippen molar-refractivity contribution >= 4 is 16.7 Å². The van der Waals surface area contributed by atoms with Crippen molar-refractivity contribution in [2.75, 3.05) is 37.6 Å². The summed E-state index contributed by atoms with van der Waals surface area (Å²) >= 11 is 1.52. The molecular formula is C18H22N8OS. The zero-order chi connectivity index (χ0) is 18.9. The largest absolute Gasteiger partial charge is 0.344 e. The fourth-order valence-electron chi connectivity index (χ4n) is 3.39. The molecule has 9 nitrogen and oxygen atoms in total. The van der Waals surface area contributed by atoms with Gasteiger partial charge in [-0.25, -0.2) is 14.3 Å². The van der Waals surface area contributed by atoms with Crippen molar-refractivity contribution in [1.29, 1.82) is 0 Å². The van der Waals surface area contributed by atoms with Gasteiger partial charge in [-0.3, -0.25) is 9.69 Å². The van der Waals surface area contributed by atoms with Gasteiger partial charge in [-0.2, -0.15) is 9.47 Å². The van der Waals surface area contributed by atoms with Crippen LogP contribution < -0.4 is 10.5 Å². The lowest BCUT2D eigenvalue weighted by molar-refractivity contribution is 0.242. The van der Waals surface area contributed by atoms with Crippen LogP contribution in [-0.2, 0) is 6.54 Å². The predicted molar refractivity (Wildman–Crippen MR) is 106 cm³/mol. The van der Waals surface area contributed by atoms with Gasteiger partial charge in [0.2, 0.25) is 5.13 Å². The number of piperazine rings is 1. The van der Waals surface area contributed by atoms with E-state index in [4.69, 9.17) is 4.98 Å². The summed E-state index contributed by atoms with van der Waals surface area (Å²) in [5.41, 5.74) is -0.0870. The minimum atomic E-state index is -0.0870. The van der Waals surface area contributed by atoms with Crippen molar-refractivity contribution in [3.63, 3.8) is 0 Å². The molecule has 0 amide bonds. The average Bonchev–Trinajstić information content (AvgIpc) is 3.21. The highest BCUT2D eigenvalue weighted by atomic mass is 32.1. The third-order valence-corrected chi connectivity index (χ3v) is 6.03. The van der Waals surface area contributed by atoms with E-state index in [0.717, 1.165) is 43.7 Å². The Balaban J connectivity index is 1.17. The van der Waals surface area contributed by atoms with Gasteiger partial charge in [0.15, 0.2) is 5.82 Å². The molecule has 2 aliphatic rings. The highest BCUT2D eigenvalue weighted by Gasteiger charge is 2.29. The molecule has 5 rings (SSSR count). The highest BCUT2D eigenvalue weighted by molar-refractivity contribution is 7.09. The fraction of sp³-hybridized carbons (Fsp3) is 0.500. The summed E-state index contributed by atoms with van der Waals surface area (Å²) in [5, 5.41) is 9.66. The van der Waals surface area contributed by atoms with E-state index in [2.05, 4.69) is 24.4 Å². The van der Waals surface area contributed by atoms with E-state index in [0.29, 0.717) is 18.3 Å². The maximum absolute atomic E-state index is 12.1. The van der Waals surface area contributed by atoms with Crippen LogP contribution in [0.4, 0.5) is 5.13 Å². The number of hydrogen-bond donors (Lipinski definition) is 0. The first kappa shape index (κ1) is 17.5. The third-order valence-electron chi connectivity index (χ3n) is 5.24. The molecule has 28 heavy (non-hydrogen) atoms. The molecule has 146 valence electrons. The molecule has 1 aliphatic heterocycles. The summed E-state index contributed by atoms with van der Waals surface area (Å²) in [4.78, 5) is 21.5. The molecule has 0 N–H and O–H groups in total. The molecule has 0 atom stereocenters. The summed E-state index contributed by atoms with van der Waals surface area (Å²) in [5.74, 6) is 2.29. The van der Waals surface area contributed by atoms with E-state index in [9.17, 15) is 4.79 Å². The lowest BCUT2D eigenvalue weighted by Gasteiger charge is -2.34. The molecule has 1 saturated heterocycles. The van der Waals surface area contributed by atoms with Gasteiger partial charge in [0, 0.05) is 68.6 Å². The molecule has 3 aromatic rings. The van der Waals surface area contributed by atoms with E-state index >= 15 is 0 Å². The van der Waals surface area contributed by atoms with Gasteiger partial charge in [-0.1, -0.05) is 0 Å². The average molecular weight is 398 g/mol. The molecule has 0 bridgehead atoms. The Morgan fingerprint density at radius 3 is 2.71 bits per heavy atom. The molecule has 10 heteroatoms. The van der Waals surface area contributed by atoms with Gasteiger partial charge in [0.1, 0.15) is 5.82 Å². The van der Waals surface area contributed by atoms with Crippen LogP contribution in [0.2, 0.25) is 0 Å². The molecular weight excluding hydrogens is 376 g/mol. The number of anilines is 1. The van der Waals surface area contributed by atoms with E-state index < -0.39 is 0 Å². The van der Waals surface area contributed by atoms with E-state index in [1.54, 1.807) is 23.0 Å². The molecule has 1 saturated carbocycles. The predicted octanol–water partition coefficient (Wildman–Crippen LogP) is 0.980. The van der Waals surface area contributed by atoms with E-state index in [1.165, 1.54) is 29.1 Å². The van der Waals surface area contributed by atoms with Crippen molar-refractivity contribution < 1.29 is 0 Å². The van der Waals surface area contributed by atoms with Crippen molar-refractivity contribution in [1.82, 2.24) is 33.8 Å². The molecule has 0 radical (unpaired) electrons. The first-order valence-electron chi connectivity index (χ1n) is 9.65. The lowest BCUT2D eigenvalue weighted by atomic mass is 10.3. The topological polar surface area (TPSA) is 85.0 Å². The standard InChI is InChI=1S/C18H22N8OS/c27-16-5-4-15(25-7-1-6-19-25)21-26(16)13-10-23-8-11-24(12-9-23)18-20-17(22-28-18)14-2-3-14/h1,4-7,14H,2-3,8-13H2. The second kappa shape index (κ2) is 7.44. The van der Waals surface area contributed by atoms with Crippen LogP contribution in [0.3, 0.4) is 0 Å². The number of aromatic nitrogens is 6. The van der Waals surface area contributed by atoms with Gasteiger partial charge in [0.05, 0.1) is 6.54 Å². The molecule has 0 aromatic carbocycles. The summed E-state index contributed by atoms with van der Waals surface area (Å²) in [6, 6.07) is 5.08. The monoisotopic (exact) mass is 398 g/mol. The Bertz CT molecular complexity index is 985. The normalized spacial score (nSPS) is 17.9. The number of hydrogen-bond acceptors (Lipinski definition) is 8. The Morgan fingerprint density at radius 1 is 1.11 bits per heavy atom. The summed E-state index contributed by atoms with van der Waals surface area (Å²) < 4.78 is 7.69. The van der Waals surface area contributed by atoms with Crippen LogP contribution in [0.1, 0.15) is 24.6 Å². The van der Waals surface area contributed by atoms with Gasteiger partial charge >= 0.3 is 0 Å². The Kier molecular flexibility index (Phi) is 4.65. The van der Waals surface area contributed by atoms with Crippen LogP contribution in [0, 0.1) is 0 Å². The minimum Gasteiger partial charge on any atom is -0.344 e. The van der Waals surface area contributed by atoms with Gasteiger partial charge in [-0.05, 0) is 25.0 Å². The fourth-order valence-corrected chi connectivity index (χ4v) is 4.18. The minimum absolute atomic E-state index is 0.0870. The molecule has 3 aromatic heterocycles. The van der Waals surface area contributed by atoms with Crippen LogP contribution in [0.15, 0.2) is 35.4 Å². The maximum atomic E-state index is 12.1. The molecule has 0 spiro atoms. The number of nitrogens with zero attached hydrogens (tertiary/aromatic N) is 8. The summed E-state index contributed by atoms with van der Waals surface area (Å²) in [6.07, 6.45) is 5.98. The zero-order valence-electron chi connectivity index (χ0n) is 15.5. The summed E-state index contributed by atoms with van der Waals surface area (Å²) in [7, 11) is 0. The molecule has 1 aliphatic carbocycles. The molecule has 2 fully saturated rings. The van der Waals surface area contributed by atoms with Gasteiger partial charge in [0.25, 0.3) is 5.56 Å². The van der Waals surface area contributed by atoms with Crippen molar-refractivity contribution in [2.24, 2.45) is 0 Å². The van der Waals surface area contributed by atoms with Crippen LogP contribution in [-0.4, -0.2) is 66.5 Å². The van der Waals surface area contributed by atoms with Crippen molar-refractivity contribution in [3.8, 4) is 5.82 Å². The molecule has 4 heterocycles. The first-order chi connectivity index (χ1) is 13.8.